The van der Waals surface area contributed by atoms with Crippen LogP contribution in [0.15, 0.2) is 33.7 Å². The summed E-state index contributed by atoms with van der Waals surface area (Å²) < 4.78 is 10.7. The number of morpholine rings is 1. The number of ether oxygens (including phenoxy) is 1. The smallest absolute Gasteiger partial charge is 0.255 e. The van der Waals surface area contributed by atoms with Crippen molar-refractivity contribution >= 4 is 17.7 Å². The van der Waals surface area contributed by atoms with Gasteiger partial charge < -0.3 is 14.2 Å². The molecular weight excluding hydrogens is 326 g/mol. The number of carbonyl (C=O) groups is 1. The molecule has 2 aromatic rings. The van der Waals surface area contributed by atoms with Crippen LogP contribution < -0.4 is 0 Å². The zero-order valence-electron chi connectivity index (χ0n) is 14.1. The first-order valence-electron chi connectivity index (χ1n) is 7.89. The quantitative estimate of drug-likeness (QED) is 0.792. The molecule has 1 aliphatic rings. The molecule has 0 unspecified atom stereocenters. The molecule has 1 aromatic carbocycles. The van der Waals surface area contributed by atoms with Crippen molar-refractivity contribution in [1.82, 2.24) is 15.0 Å². The second kappa shape index (κ2) is 6.94. The van der Waals surface area contributed by atoms with Crippen LogP contribution in [0.4, 0.5) is 0 Å². The molecular formula is C17H21N3O3S. The molecule has 3 rings (SSSR count). The Hall–Kier alpha value is -1.86. The maximum Gasteiger partial charge on any atom is 0.255 e. The summed E-state index contributed by atoms with van der Waals surface area (Å²) in [4.78, 5) is 19.9. The summed E-state index contributed by atoms with van der Waals surface area (Å²) in [7, 11) is 0. The van der Waals surface area contributed by atoms with Crippen LogP contribution in [0.25, 0.3) is 0 Å². The number of carbonyl (C=O) groups excluding carboxylic acids is 1. The van der Waals surface area contributed by atoms with Crippen LogP contribution >= 0.6 is 11.8 Å². The molecule has 0 N–H and O–H groups in total. The van der Waals surface area contributed by atoms with Crippen LogP contribution in [0.3, 0.4) is 0 Å². The number of aryl methyl sites for hydroxylation is 1. The Labute approximate surface area is 145 Å². The van der Waals surface area contributed by atoms with Crippen molar-refractivity contribution in [3.63, 3.8) is 0 Å². The second-order valence-electron chi connectivity index (χ2n) is 6.35. The lowest BCUT2D eigenvalue weighted by atomic mass is 10.1. The maximum atomic E-state index is 12.9. The van der Waals surface area contributed by atoms with E-state index in [0.29, 0.717) is 42.7 Å². The maximum absolute atomic E-state index is 12.9. The highest BCUT2D eigenvalue weighted by molar-refractivity contribution is 7.98. The average molecular weight is 347 g/mol. The van der Waals surface area contributed by atoms with Gasteiger partial charge in [-0.25, -0.2) is 0 Å². The molecule has 1 amide bonds. The molecule has 24 heavy (non-hydrogen) atoms. The summed E-state index contributed by atoms with van der Waals surface area (Å²) in [6.07, 6.45) is 0. The number of amides is 1. The van der Waals surface area contributed by atoms with E-state index in [2.05, 4.69) is 10.1 Å². The molecule has 0 aliphatic carbocycles. The molecule has 1 fully saturated rings. The third kappa shape index (κ3) is 3.96. The van der Waals surface area contributed by atoms with Crippen LogP contribution in [0.1, 0.15) is 35.9 Å². The largest absolute Gasteiger partial charge is 0.372 e. The van der Waals surface area contributed by atoms with Gasteiger partial charge in [0.2, 0.25) is 5.89 Å². The fraction of sp³-hybridized carbons (Fsp3) is 0.471. The van der Waals surface area contributed by atoms with Gasteiger partial charge in [-0.05, 0) is 26.0 Å². The van der Waals surface area contributed by atoms with Gasteiger partial charge in [0, 0.05) is 24.9 Å². The highest BCUT2D eigenvalue weighted by Gasteiger charge is 2.31. The summed E-state index contributed by atoms with van der Waals surface area (Å²) in [5, 5.41) is 3.90. The number of benzene rings is 1. The molecule has 6 nitrogen and oxygen atoms in total. The fourth-order valence-electron chi connectivity index (χ4n) is 2.67. The van der Waals surface area contributed by atoms with E-state index in [0.717, 1.165) is 4.90 Å². The Morgan fingerprint density at radius 1 is 1.38 bits per heavy atom. The molecule has 0 radical (unpaired) electrons. The van der Waals surface area contributed by atoms with Gasteiger partial charge in [-0.2, -0.15) is 4.98 Å². The van der Waals surface area contributed by atoms with E-state index < -0.39 is 0 Å². The first kappa shape index (κ1) is 17.0. The Balaban J connectivity index is 1.74. The van der Waals surface area contributed by atoms with Crippen LogP contribution in [0, 0.1) is 6.92 Å². The number of thioether (sulfide) groups is 1. The lowest BCUT2D eigenvalue weighted by Crippen LogP contribution is -2.50. The lowest BCUT2D eigenvalue weighted by Gasteiger charge is -2.38. The van der Waals surface area contributed by atoms with E-state index in [1.807, 2.05) is 43.0 Å². The Bertz CT molecular complexity index is 729. The van der Waals surface area contributed by atoms with E-state index >= 15 is 0 Å². The third-order valence-electron chi connectivity index (χ3n) is 3.76. The van der Waals surface area contributed by atoms with Gasteiger partial charge in [-0.1, -0.05) is 17.3 Å². The minimum Gasteiger partial charge on any atom is -0.372 e. The van der Waals surface area contributed by atoms with E-state index in [1.165, 1.54) is 0 Å². The van der Waals surface area contributed by atoms with Crippen molar-refractivity contribution in [3.8, 4) is 0 Å². The molecule has 1 saturated heterocycles. The van der Waals surface area contributed by atoms with E-state index in [-0.39, 0.29) is 11.5 Å². The van der Waals surface area contributed by atoms with E-state index in [9.17, 15) is 4.79 Å². The number of rotatable bonds is 4. The normalized spacial score (nSPS) is 17.0. The lowest BCUT2D eigenvalue weighted by molar-refractivity contribution is -0.0764. The summed E-state index contributed by atoms with van der Waals surface area (Å²) in [6, 6.07) is 7.65. The van der Waals surface area contributed by atoms with Crippen LogP contribution in [0.5, 0.6) is 0 Å². The molecule has 0 spiro atoms. The number of aromatic nitrogens is 2. The number of hydrogen-bond donors (Lipinski definition) is 0. The number of hydrogen-bond acceptors (Lipinski definition) is 6. The second-order valence-corrected chi connectivity index (χ2v) is 7.37. The van der Waals surface area contributed by atoms with Crippen molar-refractivity contribution in [2.75, 3.05) is 19.7 Å². The molecule has 0 bridgehead atoms. The van der Waals surface area contributed by atoms with Gasteiger partial charge in [0.15, 0.2) is 5.82 Å². The molecule has 0 saturated carbocycles. The Morgan fingerprint density at radius 2 is 2.17 bits per heavy atom. The van der Waals surface area contributed by atoms with Crippen molar-refractivity contribution in [3.05, 3.63) is 41.5 Å². The van der Waals surface area contributed by atoms with Crippen molar-refractivity contribution < 1.29 is 14.1 Å². The molecule has 128 valence electrons. The SMILES string of the molecule is Cc1nc(CSc2ccccc2C(=O)N2CCOC(C)(C)C2)no1. The third-order valence-corrected chi connectivity index (χ3v) is 4.83. The predicted octanol–water partition coefficient (Wildman–Crippen LogP) is 2.92. The van der Waals surface area contributed by atoms with Crippen molar-refractivity contribution in [2.24, 2.45) is 0 Å². The average Bonchev–Trinajstić information content (AvgIpc) is 2.97. The van der Waals surface area contributed by atoms with Gasteiger partial charge in [0.1, 0.15) is 0 Å². The van der Waals surface area contributed by atoms with Crippen LogP contribution in [0.2, 0.25) is 0 Å². The summed E-state index contributed by atoms with van der Waals surface area (Å²) in [5.41, 5.74) is 0.401. The first-order chi connectivity index (χ1) is 11.4. The van der Waals surface area contributed by atoms with Gasteiger partial charge in [-0.15, -0.1) is 11.8 Å². The predicted molar refractivity (Wildman–Crippen MR) is 91.0 cm³/mol. The van der Waals surface area contributed by atoms with Crippen molar-refractivity contribution in [2.45, 2.75) is 37.0 Å². The summed E-state index contributed by atoms with van der Waals surface area (Å²) in [5.74, 6) is 1.78. The monoisotopic (exact) mass is 347 g/mol. The summed E-state index contributed by atoms with van der Waals surface area (Å²) >= 11 is 1.54. The molecule has 0 atom stereocenters. The van der Waals surface area contributed by atoms with Crippen LogP contribution in [-0.2, 0) is 10.5 Å². The topological polar surface area (TPSA) is 68.5 Å². The highest BCUT2D eigenvalue weighted by Crippen LogP contribution is 2.27. The van der Waals surface area contributed by atoms with Gasteiger partial charge in [0.25, 0.3) is 5.91 Å². The standard InChI is InChI=1S/C17H21N3O3S/c1-12-18-15(19-23-12)10-24-14-7-5-4-6-13(14)16(21)20-8-9-22-17(2,3)11-20/h4-7H,8-11H2,1-3H3. The summed E-state index contributed by atoms with van der Waals surface area (Å²) in [6.45, 7) is 7.55. The molecule has 1 aromatic heterocycles. The first-order valence-corrected chi connectivity index (χ1v) is 8.87. The van der Waals surface area contributed by atoms with Crippen LogP contribution in [-0.4, -0.2) is 46.2 Å². The zero-order chi connectivity index (χ0) is 17.2. The minimum atomic E-state index is -0.307. The molecule has 1 aliphatic heterocycles. The molecule has 7 heteroatoms. The Morgan fingerprint density at radius 3 is 2.88 bits per heavy atom. The van der Waals surface area contributed by atoms with Gasteiger partial charge >= 0.3 is 0 Å². The highest BCUT2D eigenvalue weighted by atomic mass is 32.2. The zero-order valence-corrected chi connectivity index (χ0v) is 14.9. The van der Waals surface area contributed by atoms with Gasteiger partial charge in [0.05, 0.1) is 23.5 Å². The number of nitrogens with zero attached hydrogens (tertiary/aromatic N) is 3. The van der Waals surface area contributed by atoms with Crippen molar-refractivity contribution in [1.29, 1.82) is 0 Å². The van der Waals surface area contributed by atoms with Gasteiger partial charge in [-0.3, -0.25) is 4.79 Å². The van der Waals surface area contributed by atoms with E-state index in [4.69, 9.17) is 9.26 Å². The molecule has 2 heterocycles. The van der Waals surface area contributed by atoms with E-state index in [1.54, 1.807) is 18.7 Å². The fourth-order valence-corrected chi connectivity index (χ4v) is 3.56. The minimum absolute atomic E-state index is 0.0405. The Kier molecular flexibility index (Phi) is 4.91.